The van der Waals surface area contributed by atoms with E-state index in [0.29, 0.717) is 5.91 Å². The molecular formula is C16H22N2O. The second kappa shape index (κ2) is 4.97. The van der Waals surface area contributed by atoms with Crippen molar-refractivity contribution in [1.82, 2.24) is 5.32 Å². The number of hydrogen-bond donors (Lipinski definition) is 1. The van der Waals surface area contributed by atoms with Crippen LogP contribution in [0.4, 0.5) is 5.69 Å². The number of nitrogens with one attached hydrogen (secondary N) is 1. The fourth-order valence-corrected chi connectivity index (χ4v) is 3.41. The highest BCUT2D eigenvalue weighted by Gasteiger charge is 2.44. The Morgan fingerprint density at radius 1 is 1.11 bits per heavy atom. The monoisotopic (exact) mass is 258 g/mol. The fraction of sp³-hybridized carbons (Fsp3) is 0.562. The second-order valence-corrected chi connectivity index (χ2v) is 5.93. The first-order valence-electron chi connectivity index (χ1n) is 7.31. The van der Waals surface area contributed by atoms with Gasteiger partial charge < -0.3 is 10.2 Å². The van der Waals surface area contributed by atoms with Gasteiger partial charge in [0.15, 0.2) is 0 Å². The Morgan fingerprint density at radius 3 is 2.47 bits per heavy atom. The summed E-state index contributed by atoms with van der Waals surface area (Å²) in [6.45, 7) is 4.91. The Kier molecular flexibility index (Phi) is 3.31. The predicted molar refractivity (Wildman–Crippen MR) is 77.3 cm³/mol. The van der Waals surface area contributed by atoms with Crippen LogP contribution in [0.2, 0.25) is 0 Å². The van der Waals surface area contributed by atoms with Gasteiger partial charge in [-0.25, -0.2) is 0 Å². The van der Waals surface area contributed by atoms with E-state index in [9.17, 15) is 4.79 Å². The van der Waals surface area contributed by atoms with E-state index in [-0.39, 0.29) is 5.41 Å². The molecule has 3 heteroatoms. The van der Waals surface area contributed by atoms with Gasteiger partial charge in [-0.05, 0) is 57.8 Å². The zero-order valence-electron chi connectivity index (χ0n) is 11.6. The number of piperidine rings is 2. The van der Waals surface area contributed by atoms with Crippen molar-refractivity contribution in [2.75, 3.05) is 24.5 Å². The van der Waals surface area contributed by atoms with Crippen LogP contribution in [-0.4, -0.2) is 25.5 Å². The van der Waals surface area contributed by atoms with Crippen molar-refractivity contribution < 1.29 is 4.79 Å². The van der Waals surface area contributed by atoms with Gasteiger partial charge in [-0.15, -0.1) is 0 Å². The summed E-state index contributed by atoms with van der Waals surface area (Å²) in [7, 11) is 0. The summed E-state index contributed by atoms with van der Waals surface area (Å²) >= 11 is 0. The lowest BCUT2D eigenvalue weighted by Crippen LogP contribution is -2.53. The van der Waals surface area contributed by atoms with Crippen molar-refractivity contribution >= 4 is 11.6 Å². The van der Waals surface area contributed by atoms with Crippen molar-refractivity contribution in [3.8, 4) is 0 Å². The molecule has 3 rings (SSSR count). The third kappa shape index (κ3) is 2.27. The molecule has 0 atom stereocenters. The SMILES string of the molecule is Cc1ccc(N2CCCC3(CCNCC3)C2=O)cc1. The Morgan fingerprint density at radius 2 is 1.79 bits per heavy atom. The molecule has 0 aromatic heterocycles. The van der Waals surface area contributed by atoms with Crippen LogP contribution in [-0.2, 0) is 4.79 Å². The van der Waals surface area contributed by atoms with E-state index in [1.807, 2.05) is 4.90 Å². The molecular weight excluding hydrogens is 236 g/mol. The molecule has 1 amide bonds. The molecule has 1 spiro atoms. The van der Waals surface area contributed by atoms with Crippen LogP contribution in [0.5, 0.6) is 0 Å². The first-order valence-corrected chi connectivity index (χ1v) is 7.31. The lowest BCUT2D eigenvalue weighted by Gasteiger charge is -2.44. The fourth-order valence-electron chi connectivity index (χ4n) is 3.41. The van der Waals surface area contributed by atoms with Crippen molar-refractivity contribution in [3.63, 3.8) is 0 Å². The average Bonchev–Trinajstić information content (AvgIpc) is 2.44. The number of anilines is 1. The molecule has 2 aliphatic heterocycles. The summed E-state index contributed by atoms with van der Waals surface area (Å²) in [6, 6.07) is 8.33. The molecule has 0 unspecified atom stereocenters. The highest BCUT2D eigenvalue weighted by atomic mass is 16.2. The molecule has 102 valence electrons. The number of aryl methyl sites for hydroxylation is 1. The summed E-state index contributed by atoms with van der Waals surface area (Å²) in [5.74, 6) is 0.351. The van der Waals surface area contributed by atoms with Crippen molar-refractivity contribution in [2.45, 2.75) is 32.6 Å². The van der Waals surface area contributed by atoms with Crippen LogP contribution >= 0.6 is 0 Å². The van der Waals surface area contributed by atoms with Crippen LogP contribution in [0.3, 0.4) is 0 Å². The van der Waals surface area contributed by atoms with E-state index in [1.165, 1.54) is 5.56 Å². The van der Waals surface area contributed by atoms with Crippen molar-refractivity contribution in [2.24, 2.45) is 5.41 Å². The van der Waals surface area contributed by atoms with Crippen LogP contribution < -0.4 is 10.2 Å². The normalized spacial score (nSPS) is 22.8. The smallest absolute Gasteiger partial charge is 0.233 e. The van der Waals surface area contributed by atoms with Crippen molar-refractivity contribution in [1.29, 1.82) is 0 Å². The number of benzene rings is 1. The molecule has 1 aromatic rings. The molecule has 0 saturated carbocycles. The third-order valence-electron chi connectivity index (χ3n) is 4.64. The van der Waals surface area contributed by atoms with E-state index >= 15 is 0 Å². The van der Waals surface area contributed by atoms with E-state index in [4.69, 9.17) is 0 Å². The van der Waals surface area contributed by atoms with Gasteiger partial charge in [-0.3, -0.25) is 4.79 Å². The minimum atomic E-state index is -0.0889. The minimum absolute atomic E-state index is 0.0889. The van der Waals surface area contributed by atoms with E-state index in [1.54, 1.807) is 0 Å². The number of hydrogen-bond acceptors (Lipinski definition) is 2. The van der Waals surface area contributed by atoms with Gasteiger partial charge in [-0.2, -0.15) is 0 Å². The number of amides is 1. The average molecular weight is 258 g/mol. The number of carbonyl (C=O) groups is 1. The van der Waals surface area contributed by atoms with E-state index in [0.717, 1.165) is 51.0 Å². The Balaban J connectivity index is 1.86. The van der Waals surface area contributed by atoms with Crippen LogP contribution in [0, 0.1) is 12.3 Å². The van der Waals surface area contributed by atoms with Crippen LogP contribution in [0.1, 0.15) is 31.2 Å². The predicted octanol–water partition coefficient (Wildman–Crippen LogP) is 2.49. The topological polar surface area (TPSA) is 32.3 Å². The van der Waals surface area contributed by atoms with Gasteiger partial charge in [0.2, 0.25) is 5.91 Å². The molecule has 1 N–H and O–H groups in total. The standard InChI is InChI=1S/C16H22N2O/c1-13-3-5-14(6-4-13)18-12-2-7-16(15(18)19)8-10-17-11-9-16/h3-6,17H,2,7-12H2,1H3. The maximum Gasteiger partial charge on any atom is 0.233 e. The molecule has 2 saturated heterocycles. The maximum absolute atomic E-state index is 12.9. The lowest BCUT2D eigenvalue weighted by atomic mass is 9.72. The Hall–Kier alpha value is -1.35. The Bertz CT molecular complexity index is 455. The Labute approximate surface area is 115 Å². The molecule has 2 aliphatic rings. The highest BCUT2D eigenvalue weighted by Crippen LogP contribution is 2.40. The highest BCUT2D eigenvalue weighted by molar-refractivity contribution is 5.98. The summed E-state index contributed by atoms with van der Waals surface area (Å²) in [6.07, 6.45) is 4.18. The van der Waals surface area contributed by atoms with E-state index < -0.39 is 0 Å². The van der Waals surface area contributed by atoms with Crippen LogP contribution in [0.15, 0.2) is 24.3 Å². The molecule has 3 nitrogen and oxygen atoms in total. The maximum atomic E-state index is 12.9. The molecule has 2 heterocycles. The lowest BCUT2D eigenvalue weighted by molar-refractivity contribution is -0.132. The van der Waals surface area contributed by atoms with Gasteiger partial charge in [0.1, 0.15) is 0 Å². The third-order valence-corrected chi connectivity index (χ3v) is 4.64. The summed E-state index contributed by atoms with van der Waals surface area (Å²) < 4.78 is 0. The van der Waals surface area contributed by atoms with Crippen LogP contribution in [0.25, 0.3) is 0 Å². The number of nitrogens with zero attached hydrogens (tertiary/aromatic N) is 1. The number of carbonyl (C=O) groups excluding carboxylic acids is 1. The van der Waals surface area contributed by atoms with Gasteiger partial charge in [0, 0.05) is 12.2 Å². The van der Waals surface area contributed by atoms with Gasteiger partial charge in [0.25, 0.3) is 0 Å². The summed E-state index contributed by atoms with van der Waals surface area (Å²) in [5, 5.41) is 3.37. The number of rotatable bonds is 1. The quantitative estimate of drug-likeness (QED) is 0.839. The molecule has 19 heavy (non-hydrogen) atoms. The zero-order valence-corrected chi connectivity index (χ0v) is 11.6. The second-order valence-electron chi connectivity index (χ2n) is 5.93. The van der Waals surface area contributed by atoms with Crippen molar-refractivity contribution in [3.05, 3.63) is 29.8 Å². The van der Waals surface area contributed by atoms with Gasteiger partial charge in [-0.1, -0.05) is 17.7 Å². The molecule has 0 aliphatic carbocycles. The minimum Gasteiger partial charge on any atom is -0.317 e. The van der Waals surface area contributed by atoms with Gasteiger partial charge >= 0.3 is 0 Å². The molecule has 0 bridgehead atoms. The van der Waals surface area contributed by atoms with E-state index in [2.05, 4.69) is 36.5 Å². The summed E-state index contributed by atoms with van der Waals surface area (Å²) in [4.78, 5) is 14.9. The molecule has 2 fully saturated rings. The zero-order chi connectivity index (χ0) is 13.3. The first-order chi connectivity index (χ1) is 9.21. The largest absolute Gasteiger partial charge is 0.317 e. The van der Waals surface area contributed by atoms with Gasteiger partial charge in [0.05, 0.1) is 5.41 Å². The first kappa shape index (κ1) is 12.7. The molecule has 0 radical (unpaired) electrons. The molecule has 1 aromatic carbocycles. The summed E-state index contributed by atoms with van der Waals surface area (Å²) in [5.41, 5.74) is 2.21.